The summed E-state index contributed by atoms with van der Waals surface area (Å²) in [6.07, 6.45) is -3.76. The molecule has 2 N–H and O–H groups in total. The van der Waals surface area contributed by atoms with Gasteiger partial charge in [-0.3, -0.25) is 9.69 Å². The van der Waals surface area contributed by atoms with Crippen LogP contribution in [0.5, 0.6) is 0 Å². The molecular formula is C16H16F3N3O3. The molecule has 1 saturated heterocycles. The molecule has 25 heavy (non-hydrogen) atoms. The number of rotatable bonds is 4. The molecule has 1 aliphatic heterocycles. The topological polar surface area (TPSA) is 78.6 Å². The molecule has 2 heterocycles. The first-order valence-electron chi connectivity index (χ1n) is 7.61. The summed E-state index contributed by atoms with van der Waals surface area (Å²) in [5.74, 6) is -0.982. The van der Waals surface area contributed by atoms with Crippen molar-refractivity contribution in [2.45, 2.75) is 31.3 Å². The molecule has 1 fully saturated rings. The SMILES string of the molecule is O=C(O)[C@H]1C[C@@H](O)CN1Cc1ccc(-n2ccc(C(F)(F)F)n2)cc1. The fourth-order valence-corrected chi connectivity index (χ4v) is 2.92. The number of likely N-dealkylation sites (tertiary alicyclic amines) is 1. The monoisotopic (exact) mass is 355 g/mol. The molecule has 0 spiro atoms. The van der Waals surface area contributed by atoms with Gasteiger partial charge in [-0.25, -0.2) is 4.68 Å². The molecule has 6 nitrogen and oxygen atoms in total. The van der Waals surface area contributed by atoms with Crippen LogP contribution in [0.1, 0.15) is 17.7 Å². The van der Waals surface area contributed by atoms with Crippen LogP contribution in [-0.4, -0.2) is 49.6 Å². The Morgan fingerprint density at radius 2 is 1.92 bits per heavy atom. The van der Waals surface area contributed by atoms with Crippen LogP contribution in [0, 0.1) is 0 Å². The van der Waals surface area contributed by atoms with E-state index >= 15 is 0 Å². The number of aromatic nitrogens is 2. The van der Waals surface area contributed by atoms with Gasteiger partial charge in [-0.15, -0.1) is 0 Å². The van der Waals surface area contributed by atoms with Crippen LogP contribution in [0.25, 0.3) is 5.69 Å². The highest BCUT2D eigenvalue weighted by atomic mass is 19.4. The number of alkyl halides is 3. The summed E-state index contributed by atoms with van der Waals surface area (Å²) >= 11 is 0. The van der Waals surface area contributed by atoms with Crippen molar-refractivity contribution in [1.29, 1.82) is 0 Å². The second-order valence-electron chi connectivity index (χ2n) is 5.98. The largest absolute Gasteiger partial charge is 0.480 e. The van der Waals surface area contributed by atoms with Crippen molar-refractivity contribution in [1.82, 2.24) is 14.7 Å². The second kappa shape index (κ2) is 6.49. The average molecular weight is 355 g/mol. The molecule has 0 aliphatic carbocycles. The van der Waals surface area contributed by atoms with Crippen molar-refractivity contribution in [3.63, 3.8) is 0 Å². The van der Waals surface area contributed by atoms with E-state index in [2.05, 4.69) is 5.10 Å². The van der Waals surface area contributed by atoms with Gasteiger partial charge in [0.15, 0.2) is 5.69 Å². The van der Waals surface area contributed by atoms with Gasteiger partial charge in [-0.1, -0.05) is 12.1 Å². The molecule has 0 bridgehead atoms. The normalized spacial score (nSPS) is 21.6. The van der Waals surface area contributed by atoms with E-state index in [0.717, 1.165) is 16.3 Å². The third-order valence-corrected chi connectivity index (χ3v) is 4.13. The molecule has 0 amide bonds. The molecule has 2 aromatic rings. The standard InChI is InChI=1S/C16H16F3N3O3/c17-16(18,19)14-5-6-22(20-14)11-3-1-10(2-4-11)8-21-9-12(23)7-13(21)15(24)25/h1-6,12-13,23H,7-9H2,(H,24,25)/t12-,13-/m1/s1. The fraction of sp³-hybridized carbons (Fsp3) is 0.375. The lowest BCUT2D eigenvalue weighted by Gasteiger charge is -2.20. The number of aliphatic carboxylic acids is 1. The summed E-state index contributed by atoms with van der Waals surface area (Å²) in [5, 5.41) is 22.3. The van der Waals surface area contributed by atoms with Gasteiger partial charge in [0.1, 0.15) is 6.04 Å². The van der Waals surface area contributed by atoms with Crippen molar-refractivity contribution < 1.29 is 28.2 Å². The number of carbonyl (C=O) groups is 1. The van der Waals surface area contributed by atoms with E-state index in [4.69, 9.17) is 0 Å². The number of benzene rings is 1. The van der Waals surface area contributed by atoms with E-state index in [1.165, 1.54) is 6.20 Å². The highest BCUT2D eigenvalue weighted by molar-refractivity contribution is 5.74. The first-order valence-corrected chi connectivity index (χ1v) is 7.61. The third kappa shape index (κ3) is 3.83. The van der Waals surface area contributed by atoms with Gasteiger partial charge in [0.25, 0.3) is 0 Å². The zero-order valence-electron chi connectivity index (χ0n) is 13.0. The number of halogens is 3. The number of hydrogen-bond donors (Lipinski definition) is 2. The molecule has 1 aromatic heterocycles. The second-order valence-corrected chi connectivity index (χ2v) is 5.98. The average Bonchev–Trinajstić information content (AvgIpc) is 3.15. The molecule has 1 aromatic carbocycles. The van der Waals surface area contributed by atoms with Gasteiger partial charge in [-0.2, -0.15) is 18.3 Å². The van der Waals surface area contributed by atoms with Gasteiger partial charge >= 0.3 is 12.1 Å². The van der Waals surface area contributed by atoms with Gasteiger partial charge < -0.3 is 10.2 Å². The quantitative estimate of drug-likeness (QED) is 0.876. The molecule has 0 unspecified atom stereocenters. The minimum atomic E-state index is -4.49. The summed E-state index contributed by atoms with van der Waals surface area (Å²) in [6.45, 7) is 0.605. The number of aliphatic hydroxyl groups excluding tert-OH is 1. The molecule has 3 rings (SSSR count). The molecule has 134 valence electrons. The predicted molar refractivity (Wildman–Crippen MR) is 81.0 cm³/mol. The van der Waals surface area contributed by atoms with Crippen LogP contribution < -0.4 is 0 Å². The highest BCUT2D eigenvalue weighted by Gasteiger charge is 2.36. The maximum Gasteiger partial charge on any atom is 0.435 e. The third-order valence-electron chi connectivity index (χ3n) is 4.13. The lowest BCUT2D eigenvalue weighted by atomic mass is 10.1. The summed E-state index contributed by atoms with van der Waals surface area (Å²) in [6, 6.07) is 6.80. The van der Waals surface area contributed by atoms with E-state index in [1.54, 1.807) is 29.2 Å². The van der Waals surface area contributed by atoms with E-state index in [0.29, 0.717) is 12.2 Å². The van der Waals surface area contributed by atoms with Gasteiger partial charge in [-0.05, 0) is 23.8 Å². The Kier molecular flexibility index (Phi) is 4.53. The molecule has 0 radical (unpaired) electrons. The van der Waals surface area contributed by atoms with Crippen LogP contribution in [-0.2, 0) is 17.5 Å². The summed E-state index contributed by atoms with van der Waals surface area (Å²) in [7, 11) is 0. The lowest BCUT2D eigenvalue weighted by molar-refractivity contribution is -0.142. The number of carboxylic acid groups (broad SMARTS) is 1. The Morgan fingerprint density at radius 3 is 2.48 bits per heavy atom. The van der Waals surface area contributed by atoms with Crippen LogP contribution in [0.3, 0.4) is 0 Å². The van der Waals surface area contributed by atoms with Crippen LogP contribution in [0.15, 0.2) is 36.5 Å². The summed E-state index contributed by atoms with van der Waals surface area (Å²) in [4.78, 5) is 12.9. The number of carboxylic acids is 1. The minimum absolute atomic E-state index is 0.181. The fourth-order valence-electron chi connectivity index (χ4n) is 2.92. The van der Waals surface area contributed by atoms with Crippen molar-refractivity contribution in [3.05, 3.63) is 47.8 Å². The smallest absolute Gasteiger partial charge is 0.435 e. The molecule has 2 atom stereocenters. The van der Waals surface area contributed by atoms with E-state index in [9.17, 15) is 28.2 Å². The Balaban J connectivity index is 1.72. The Bertz CT molecular complexity index is 758. The number of β-amino-alcohol motifs (C(OH)–C–C–N with tert-alkyl or cyclic N) is 1. The number of nitrogens with zero attached hydrogens (tertiary/aromatic N) is 3. The predicted octanol–water partition coefficient (Wildman–Crippen LogP) is 1.91. The Hall–Kier alpha value is -2.39. The van der Waals surface area contributed by atoms with Crippen molar-refractivity contribution >= 4 is 5.97 Å². The maximum atomic E-state index is 12.6. The first kappa shape index (κ1) is 17.4. The van der Waals surface area contributed by atoms with E-state index in [1.807, 2.05) is 0 Å². The van der Waals surface area contributed by atoms with Crippen molar-refractivity contribution in [2.24, 2.45) is 0 Å². The Morgan fingerprint density at radius 1 is 1.24 bits per heavy atom. The van der Waals surface area contributed by atoms with E-state index < -0.39 is 30.0 Å². The number of aliphatic hydroxyl groups is 1. The van der Waals surface area contributed by atoms with Gasteiger partial charge in [0, 0.05) is 25.7 Å². The number of hydrogen-bond acceptors (Lipinski definition) is 4. The van der Waals surface area contributed by atoms with Crippen LogP contribution >= 0.6 is 0 Å². The van der Waals surface area contributed by atoms with E-state index in [-0.39, 0.29) is 13.0 Å². The summed E-state index contributed by atoms with van der Waals surface area (Å²) in [5.41, 5.74) is 0.301. The maximum absolute atomic E-state index is 12.6. The zero-order chi connectivity index (χ0) is 18.2. The summed E-state index contributed by atoms with van der Waals surface area (Å²) < 4.78 is 38.9. The molecular weight excluding hydrogens is 339 g/mol. The first-order chi connectivity index (χ1) is 11.7. The molecule has 0 saturated carbocycles. The van der Waals surface area contributed by atoms with Crippen molar-refractivity contribution in [2.75, 3.05) is 6.54 Å². The Labute approximate surface area is 141 Å². The molecule has 1 aliphatic rings. The molecule has 9 heteroatoms. The van der Waals surface area contributed by atoms with Gasteiger partial charge in [0.05, 0.1) is 11.8 Å². The highest BCUT2D eigenvalue weighted by Crippen LogP contribution is 2.28. The van der Waals surface area contributed by atoms with Crippen molar-refractivity contribution in [3.8, 4) is 5.69 Å². The van der Waals surface area contributed by atoms with Crippen LogP contribution in [0.2, 0.25) is 0 Å². The lowest BCUT2D eigenvalue weighted by Crippen LogP contribution is -2.35. The van der Waals surface area contributed by atoms with Crippen LogP contribution in [0.4, 0.5) is 13.2 Å². The zero-order valence-corrected chi connectivity index (χ0v) is 13.0. The van der Waals surface area contributed by atoms with Gasteiger partial charge in [0.2, 0.25) is 0 Å². The minimum Gasteiger partial charge on any atom is -0.480 e.